The predicted molar refractivity (Wildman–Crippen MR) is 99.9 cm³/mol. The molecule has 0 spiro atoms. The van der Waals surface area contributed by atoms with Crippen LogP contribution >= 0.6 is 0 Å². The van der Waals surface area contributed by atoms with Gasteiger partial charge in [-0.1, -0.05) is 12.1 Å². The number of anilines is 1. The van der Waals surface area contributed by atoms with Crippen molar-refractivity contribution in [3.05, 3.63) is 42.2 Å². The number of hydrogen-bond donors (Lipinski definition) is 0. The van der Waals surface area contributed by atoms with Gasteiger partial charge < -0.3 is 14.5 Å². The van der Waals surface area contributed by atoms with Gasteiger partial charge in [0.2, 0.25) is 5.95 Å². The smallest absolute Gasteiger partial charge is 0.225 e. The third-order valence-corrected chi connectivity index (χ3v) is 5.53. The molecule has 0 N–H and O–H groups in total. The van der Waals surface area contributed by atoms with Crippen molar-refractivity contribution in [1.82, 2.24) is 14.9 Å². The average molecular weight is 387 g/mol. The lowest BCUT2D eigenvalue weighted by Gasteiger charge is -2.37. The summed E-state index contributed by atoms with van der Waals surface area (Å²) in [7, 11) is -3.20. The van der Waals surface area contributed by atoms with Gasteiger partial charge in [-0.05, 0) is 24.6 Å². The zero-order valence-electron chi connectivity index (χ0n) is 15.2. The Bertz CT molecular complexity index is 923. The molecule has 1 saturated heterocycles. The standard InChI is InChI=1S/C18H21N5O3S/c1-14-11-22(13-19)7-8-23(14)18-20-9-16(10-21-18)26-12-15-3-5-17(6-4-15)27(2,24)25/h3-6,9-10,14H,7-8,11-12H2,1-2H3/t14-/m1/s1. The minimum Gasteiger partial charge on any atom is -0.486 e. The molecule has 142 valence electrons. The van der Waals surface area contributed by atoms with E-state index in [0.29, 0.717) is 37.9 Å². The number of piperazine rings is 1. The second-order valence-electron chi connectivity index (χ2n) is 6.51. The van der Waals surface area contributed by atoms with Crippen LogP contribution in [-0.4, -0.2) is 55.2 Å². The number of hydrogen-bond acceptors (Lipinski definition) is 8. The van der Waals surface area contributed by atoms with E-state index in [-0.39, 0.29) is 10.9 Å². The van der Waals surface area contributed by atoms with Gasteiger partial charge >= 0.3 is 0 Å². The minimum atomic E-state index is -3.20. The Labute approximate surface area is 158 Å². The van der Waals surface area contributed by atoms with E-state index in [2.05, 4.69) is 21.1 Å². The van der Waals surface area contributed by atoms with Crippen molar-refractivity contribution in [2.75, 3.05) is 30.8 Å². The summed E-state index contributed by atoms with van der Waals surface area (Å²) in [5, 5.41) is 8.99. The maximum absolute atomic E-state index is 11.5. The van der Waals surface area contributed by atoms with Crippen LogP contribution in [0.25, 0.3) is 0 Å². The molecule has 1 fully saturated rings. The van der Waals surface area contributed by atoms with E-state index in [1.807, 2.05) is 6.92 Å². The highest BCUT2D eigenvalue weighted by molar-refractivity contribution is 7.90. The fourth-order valence-electron chi connectivity index (χ4n) is 2.88. The maximum Gasteiger partial charge on any atom is 0.225 e. The summed E-state index contributed by atoms with van der Waals surface area (Å²) in [5.41, 5.74) is 0.854. The van der Waals surface area contributed by atoms with E-state index in [9.17, 15) is 8.42 Å². The molecule has 1 aromatic heterocycles. The minimum absolute atomic E-state index is 0.151. The topological polar surface area (TPSA) is 99.4 Å². The summed E-state index contributed by atoms with van der Waals surface area (Å²) in [6.07, 6.45) is 6.59. The van der Waals surface area contributed by atoms with Gasteiger partial charge in [0.15, 0.2) is 21.8 Å². The quantitative estimate of drug-likeness (QED) is 0.711. The first-order chi connectivity index (χ1) is 12.9. The first kappa shape index (κ1) is 18.9. The molecule has 0 aliphatic carbocycles. The average Bonchev–Trinajstić information content (AvgIpc) is 2.66. The van der Waals surface area contributed by atoms with E-state index < -0.39 is 9.84 Å². The normalized spacial score (nSPS) is 17.4. The molecule has 2 aromatic rings. The molecule has 3 rings (SSSR count). The summed E-state index contributed by atoms with van der Waals surface area (Å²) in [5.74, 6) is 1.15. The fourth-order valence-corrected chi connectivity index (χ4v) is 3.51. The van der Waals surface area contributed by atoms with Gasteiger partial charge in [-0.2, -0.15) is 5.26 Å². The summed E-state index contributed by atoms with van der Waals surface area (Å²) in [6, 6.07) is 6.73. The number of benzene rings is 1. The van der Waals surface area contributed by atoms with E-state index >= 15 is 0 Å². The van der Waals surface area contributed by atoms with E-state index in [1.165, 1.54) is 6.26 Å². The van der Waals surface area contributed by atoms with Crippen molar-refractivity contribution in [1.29, 1.82) is 5.26 Å². The summed E-state index contributed by atoms with van der Waals surface area (Å²) in [6.45, 7) is 4.34. The van der Waals surface area contributed by atoms with Gasteiger partial charge in [-0.3, -0.25) is 0 Å². The van der Waals surface area contributed by atoms with Crippen LogP contribution in [0.1, 0.15) is 12.5 Å². The second kappa shape index (κ2) is 7.80. The molecule has 8 nitrogen and oxygen atoms in total. The Morgan fingerprint density at radius 1 is 1.22 bits per heavy atom. The summed E-state index contributed by atoms with van der Waals surface area (Å²) >= 11 is 0. The monoisotopic (exact) mass is 387 g/mol. The SMILES string of the molecule is C[C@@H]1CN(C#N)CCN1c1ncc(OCc2ccc(S(C)(=O)=O)cc2)cn1. The Kier molecular flexibility index (Phi) is 5.46. The molecule has 0 saturated carbocycles. The molecule has 0 radical (unpaired) electrons. The number of nitrogens with zero attached hydrogens (tertiary/aromatic N) is 5. The van der Waals surface area contributed by atoms with Crippen LogP contribution in [0, 0.1) is 11.5 Å². The Balaban J connectivity index is 1.59. The summed E-state index contributed by atoms with van der Waals surface area (Å²) < 4.78 is 28.6. The van der Waals surface area contributed by atoms with Crippen LogP contribution in [0.15, 0.2) is 41.6 Å². The first-order valence-electron chi connectivity index (χ1n) is 8.52. The van der Waals surface area contributed by atoms with E-state index in [4.69, 9.17) is 10.00 Å². The number of nitriles is 1. The van der Waals surface area contributed by atoms with Crippen LogP contribution in [0.4, 0.5) is 5.95 Å². The molecular formula is C18H21N5O3S. The van der Waals surface area contributed by atoms with Crippen molar-refractivity contribution in [2.45, 2.75) is 24.5 Å². The van der Waals surface area contributed by atoms with Crippen molar-refractivity contribution in [3.63, 3.8) is 0 Å². The molecule has 0 unspecified atom stereocenters. The van der Waals surface area contributed by atoms with E-state index in [0.717, 1.165) is 5.56 Å². The molecule has 1 atom stereocenters. The molecule has 1 aromatic carbocycles. The third-order valence-electron chi connectivity index (χ3n) is 4.40. The Morgan fingerprint density at radius 3 is 2.44 bits per heavy atom. The van der Waals surface area contributed by atoms with Gasteiger partial charge in [-0.25, -0.2) is 18.4 Å². The lowest BCUT2D eigenvalue weighted by atomic mass is 10.2. The molecule has 0 amide bonds. The second-order valence-corrected chi connectivity index (χ2v) is 8.53. The van der Waals surface area contributed by atoms with E-state index in [1.54, 1.807) is 41.6 Å². The number of rotatable bonds is 5. The third kappa shape index (κ3) is 4.65. The van der Waals surface area contributed by atoms with Crippen LogP contribution in [0.2, 0.25) is 0 Å². The highest BCUT2D eigenvalue weighted by Crippen LogP contribution is 2.19. The number of sulfone groups is 1. The molecule has 1 aliphatic rings. The van der Waals surface area contributed by atoms with Crippen LogP contribution in [-0.2, 0) is 16.4 Å². The summed E-state index contributed by atoms with van der Waals surface area (Å²) in [4.78, 5) is 12.8. The first-order valence-corrected chi connectivity index (χ1v) is 10.4. The van der Waals surface area contributed by atoms with Crippen LogP contribution in [0.3, 0.4) is 0 Å². The van der Waals surface area contributed by atoms with Crippen LogP contribution in [0.5, 0.6) is 5.75 Å². The van der Waals surface area contributed by atoms with Crippen molar-refractivity contribution >= 4 is 15.8 Å². The number of ether oxygens (including phenoxy) is 1. The Morgan fingerprint density at radius 2 is 1.89 bits per heavy atom. The van der Waals surface area contributed by atoms with Crippen molar-refractivity contribution in [2.24, 2.45) is 0 Å². The molecule has 9 heteroatoms. The lowest BCUT2D eigenvalue weighted by Crippen LogP contribution is -2.50. The highest BCUT2D eigenvalue weighted by atomic mass is 32.2. The van der Waals surface area contributed by atoms with Crippen molar-refractivity contribution < 1.29 is 13.2 Å². The van der Waals surface area contributed by atoms with Crippen molar-refractivity contribution in [3.8, 4) is 11.9 Å². The lowest BCUT2D eigenvalue weighted by molar-refractivity contribution is 0.301. The zero-order chi connectivity index (χ0) is 19.4. The van der Waals surface area contributed by atoms with Gasteiger partial charge in [0, 0.05) is 31.9 Å². The predicted octanol–water partition coefficient (Wildman–Crippen LogP) is 1.45. The zero-order valence-corrected chi connectivity index (χ0v) is 16.1. The molecule has 1 aliphatic heterocycles. The Hall–Kier alpha value is -2.86. The molecule has 2 heterocycles. The van der Waals surface area contributed by atoms with Gasteiger partial charge in [0.1, 0.15) is 6.61 Å². The molecular weight excluding hydrogens is 366 g/mol. The molecule has 0 bridgehead atoms. The molecule has 27 heavy (non-hydrogen) atoms. The fraction of sp³-hybridized carbons (Fsp3) is 0.389. The number of aromatic nitrogens is 2. The van der Waals surface area contributed by atoms with Gasteiger partial charge in [0.05, 0.1) is 17.3 Å². The highest BCUT2D eigenvalue weighted by Gasteiger charge is 2.24. The largest absolute Gasteiger partial charge is 0.486 e. The van der Waals surface area contributed by atoms with Gasteiger partial charge in [0.25, 0.3) is 0 Å². The van der Waals surface area contributed by atoms with Gasteiger partial charge in [-0.15, -0.1) is 0 Å². The van der Waals surface area contributed by atoms with Crippen LogP contribution < -0.4 is 9.64 Å². The maximum atomic E-state index is 11.5.